The summed E-state index contributed by atoms with van der Waals surface area (Å²) in [6, 6.07) is 6.74. The summed E-state index contributed by atoms with van der Waals surface area (Å²) >= 11 is 6.02. The van der Waals surface area contributed by atoms with Crippen molar-refractivity contribution >= 4 is 23.5 Å². The largest absolute Gasteiger partial charge is 0.352 e. The Hall–Kier alpha value is -1.83. The molecule has 1 aromatic carbocycles. The molecule has 8 heteroatoms. The zero-order valence-corrected chi connectivity index (χ0v) is 15.0. The number of piperazine rings is 1. The Bertz CT molecular complexity index is 590. The Morgan fingerprint density at radius 2 is 1.96 bits per heavy atom. The minimum Gasteiger partial charge on any atom is -0.352 e. The number of benzene rings is 1. The fourth-order valence-electron chi connectivity index (χ4n) is 2.91. The molecule has 0 radical (unpaired) electrons. The number of halogens is 1. The Labute approximate surface area is 153 Å². The molecule has 0 unspecified atom stereocenters. The second kappa shape index (κ2) is 9.60. The minimum absolute atomic E-state index is 0.0264. The van der Waals surface area contributed by atoms with Crippen molar-refractivity contribution in [2.75, 3.05) is 32.7 Å². The van der Waals surface area contributed by atoms with E-state index in [1.165, 1.54) is 5.56 Å². The van der Waals surface area contributed by atoms with E-state index in [1.54, 1.807) is 0 Å². The van der Waals surface area contributed by atoms with Gasteiger partial charge in [-0.3, -0.25) is 9.69 Å². The van der Waals surface area contributed by atoms with E-state index in [0.717, 1.165) is 24.7 Å². The lowest BCUT2D eigenvalue weighted by molar-refractivity contribution is -0.134. The summed E-state index contributed by atoms with van der Waals surface area (Å²) in [6.07, 6.45) is 1.16. The molecule has 1 aromatic rings. The summed E-state index contributed by atoms with van der Waals surface area (Å²) < 4.78 is 0. The molecule has 138 valence electrons. The number of urea groups is 1. The van der Waals surface area contributed by atoms with Gasteiger partial charge in [0.1, 0.15) is 0 Å². The van der Waals surface area contributed by atoms with Crippen LogP contribution in [0.4, 0.5) is 4.79 Å². The number of hydrogen-bond donors (Lipinski definition) is 3. The summed E-state index contributed by atoms with van der Waals surface area (Å²) in [6.45, 7) is 4.23. The molecular formula is C17H26ClN5O2. The van der Waals surface area contributed by atoms with Crippen molar-refractivity contribution in [2.45, 2.75) is 25.4 Å². The van der Waals surface area contributed by atoms with Crippen LogP contribution in [0, 0.1) is 0 Å². The first-order valence-electron chi connectivity index (χ1n) is 8.50. The van der Waals surface area contributed by atoms with E-state index >= 15 is 0 Å². The smallest absolute Gasteiger partial charge is 0.312 e. The van der Waals surface area contributed by atoms with Gasteiger partial charge in [0, 0.05) is 44.3 Å². The zero-order chi connectivity index (χ0) is 18.2. The van der Waals surface area contributed by atoms with Crippen LogP contribution in [0.2, 0.25) is 5.02 Å². The van der Waals surface area contributed by atoms with Crippen LogP contribution < -0.4 is 16.8 Å². The van der Waals surface area contributed by atoms with Gasteiger partial charge in [-0.2, -0.15) is 0 Å². The highest BCUT2D eigenvalue weighted by atomic mass is 35.5. The molecule has 1 atom stereocenters. The molecule has 25 heavy (non-hydrogen) atoms. The first-order chi connectivity index (χ1) is 12.0. The lowest BCUT2D eigenvalue weighted by Crippen LogP contribution is -2.53. The first-order valence-corrected chi connectivity index (χ1v) is 8.88. The molecule has 1 aliphatic heterocycles. The van der Waals surface area contributed by atoms with Crippen LogP contribution in [0.25, 0.3) is 0 Å². The highest BCUT2D eigenvalue weighted by molar-refractivity contribution is 6.30. The van der Waals surface area contributed by atoms with Crippen molar-refractivity contribution in [3.8, 4) is 0 Å². The van der Waals surface area contributed by atoms with Crippen LogP contribution in [0.5, 0.6) is 0 Å². The van der Waals surface area contributed by atoms with Crippen LogP contribution >= 0.6 is 11.6 Å². The number of carbonyl (C=O) groups excluding carboxylic acids is 2. The molecule has 7 nitrogen and oxygen atoms in total. The third-order valence-corrected chi connectivity index (χ3v) is 4.52. The summed E-state index contributed by atoms with van der Waals surface area (Å²) in [4.78, 5) is 27.1. The van der Waals surface area contributed by atoms with E-state index in [9.17, 15) is 9.59 Å². The average Bonchev–Trinajstić information content (AvgIpc) is 2.58. The van der Waals surface area contributed by atoms with Gasteiger partial charge in [-0.1, -0.05) is 23.7 Å². The zero-order valence-electron chi connectivity index (χ0n) is 14.3. The van der Waals surface area contributed by atoms with Gasteiger partial charge in [-0.25, -0.2) is 4.79 Å². The highest BCUT2D eigenvalue weighted by Crippen LogP contribution is 2.14. The Morgan fingerprint density at radius 3 is 2.60 bits per heavy atom. The van der Waals surface area contributed by atoms with Crippen molar-refractivity contribution in [2.24, 2.45) is 11.5 Å². The maximum atomic E-state index is 12.4. The third-order valence-electron chi connectivity index (χ3n) is 4.29. The van der Waals surface area contributed by atoms with Gasteiger partial charge in [-0.15, -0.1) is 0 Å². The number of rotatable bonds is 7. The summed E-state index contributed by atoms with van der Waals surface area (Å²) in [7, 11) is 0. The molecular weight excluding hydrogens is 342 g/mol. The van der Waals surface area contributed by atoms with Gasteiger partial charge >= 0.3 is 6.03 Å². The fourth-order valence-corrected chi connectivity index (χ4v) is 3.12. The molecule has 1 aliphatic rings. The summed E-state index contributed by atoms with van der Waals surface area (Å²) in [5, 5.41) is 3.23. The monoisotopic (exact) mass is 367 g/mol. The van der Waals surface area contributed by atoms with Gasteiger partial charge in [-0.05, 0) is 30.5 Å². The number of nitrogens with zero attached hydrogens (tertiary/aromatic N) is 2. The van der Waals surface area contributed by atoms with Gasteiger partial charge in [0.2, 0.25) is 5.91 Å². The highest BCUT2D eigenvalue weighted by Gasteiger charge is 2.25. The molecule has 0 aromatic heterocycles. The predicted octanol–water partition coefficient (Wildman–Crippen LogP) is 0.760. The van der Waals surface area contributed by atoms with E-state index < -0.39 is 12.1 Å². The van der Waals surface area contributed by atoms with Gasteiger partial charge in [0.15, 0.2) is 0 Å². The van der Waals surface area contributed by atoms with Gasteiger partial charge < -0.3 is 21.7 Å². The van der Waals surface area contributed by atoms with Gasteiger partial charge in [0.25, 0.3) is 0 Å². The Balaban J connectivity index is 1.71. The van der Waals surface area contributed by atoms with E-state index in [4.69, 9.17) is 23.1 Å². The molecule has 0 aliphatic carbocycles. The average molecular weight is 368 g/mol. The molecule has 0 bridgehead atoms. The van der Waals surface area contributed by atoms with E-state index in [0.29, 0.717) is 32.5 Å². The number of hydrogen-bond acceptors (Lipinski definition) is 4. The quantitative estimate of drug-likeness (QED) is 0.619. The molecule has 1 saturated heterocycles. The number of amides is 3. The molecule has 3 amide bonds. The molecule has 5 N–H and O–H groups in total. The molecule has 1 fully saturated rings. The second-order valence-corrected chi connectivity index (χ2v) is 6.71. The third kappa shape index (κ3) is 6.53. The number of primary amides is 1. The maximum absolute atomic E-state index is 12.4. The molecule has 1 heterocycles. The van der Waals surface area contributed by atoms with Crippen LogP contribution in [0.1, 0.15) is 18.4 Å². The fraction of sp³-hybridized carbons (Fsp3) is 0.529. The lowest BCUT2D eigenvalue weighted by Gasteiger charge is -2.36. The van der Waals surface area contributed by atoms with Crippen molar-refractivity contribution < 1.29 is 9.59 Å². The number of carbonyl (C=O) groups is 2. The first kappa shape index (κ1) is 19.5. The topological polar surface area (TPSA) is 105 Å². The minimum atomic E-state index is -0.560. The van der Waals surface area contributed by atoms with Crippen LogP contribution in [-0.2, 0) is 11.3 Å². The van der Waals surface area contributed by atoms with Crippen LogP contribution in [0.3, 0.4) is 0 Å². The molecule has 0 saturated carbocycles. The standard InChI is InChI=1S/C17H26ClN5O2/c18-14-4-1-3-13(11-14)12-22-7-9-23(10-8-22)16(24)15(19)5-2-6-21-17(20)25/h1,3-4,11,15H,2,5-10,12,19H2,(H3,20,21,25)/t15-/m0/s1. The Morgan fingerprint density at radius 1 is 1.24 bits per heavy atom. The van der Waals surface area contributed by atoms with Gasteiger partial charge in [0.05, 0.1) is 6.04 Å². The molecule has 0 spiro atoms. The SMILES string of the molecule is NC(=O)NCCC[C@H](N)C(=O)N1CCN(Cc2cccc(Cl)c2)CC1. The van der Waals surface area contributed by atoms with Crippen molar-refractivity contribution in [3.63, 3.8) is 0 Å². The number of nitrogens with one attached hydrogen (secondary N) is 1. The van der Waals surface area contributed by atoms with E-state index in [1.807, 2.05) is 23.1 Å². The van der Waals surface area contributed by atoms with Crippen molar-refractivity contribution in [3.05, 3.63) is 34.9 Å². The summed E-state index contributed by atoms with van der Waals surface area (Å²) in [5.74, 6) is -0.0264. The second-order valence-electron chi connectivity index (χ2n) is 6.27. The molecule has 2 rings (SSSR count). The Kier molecular flexibility index (Phi) is 7.49. The van der Waals surface area contributed by atoms with E-state index in [2.05, 4.69) is 16.3 Å². The maximum Gasteiger partial charge on any atom is 0.312 e. The van der Waals surface area contributed by atoms with Crippen LogP contribution in [-0.4, -0.2) is 60.5 Å². The van der Waals surface area contributed by atoms with Crippen molar-refractivity contribution in [1.82, 2.24) is 15.1 Å². The normalized spacial score (nSPS) is 16.5. The predicted molar refractivity (Wildman–Crippen MR) is 98.1 cm³/mol. The number of nitrogens with two attached hydrogens (primary N) is 2. The van der Waals surface area contributed by atoms with Crippen LogP contribution in [0.15, 0.2) is 24.3 Å². The van der Waals surface area contributed by atoms with E-state index in [-0.39, 0.29) is 5.91 Å². The van der Waals surface area contributed by atoms with Crippen molar-refractivity contribution in [1.29, 1.82) is 0 Å². The summed E-state index contributed by atoms with van der Waals surface area (Å²) in [5.41, 5.74) is 12.1. The lowest BCUT2D eigenvalue weighted by atomic mass is 10.1.